The van der Waals surface area contributed by atoms with Gasteiger partial charge in [0, 0.05) is 17.8 Å². The predicted molar refractivity (Wildman–Crippen MR) is 220 cm³/mol. The average Bonchev–Trinajstić information content (AvgIpc) is 3.70. The third kappa shape index (κ3) is 6.91. The number of phenols is 1. The second-order valence-electron chi connectivity index (χ2n) is 16.4. The molecule has 4 aromatic carbocycles. The summed E-state index contributed by atoms with van der Waals surface area (Å²) in [5.41, 5.74) is 4.77. The van der Waals surface area contributed by atoms with Crippen molar-refractivity contribution in [3.63, 3.8) is 0 Å². The number of benzene rings is 4. The van der Waals surface area contributed by atoms with Gasteiger partial charge in [-0.15, -0.1) is 0 Å². The van der Waals surface area contributed by atoms with Gasteiger partial charge in [-0.2, -0.15) is 0 Å². The third-order valence-electron chi connectivity index (χ3n) is 12.0. The molecule has 7 rings (SSSR count). The van der Waals surface area contributed by atoms with Gasteiger partial charge in [-0.1, -0.05) is 144 Å². The predicted octanol–water partition coefficient (Wildman–Crippen LogP) is 8.81. The summed E-state index contributed by atoms with van der Waals surface area (Å²) in [7, 11) is -2.87. The fraction of sp³-hybridized carbons (Fsp3) is 0.404. The minimum Gasteiger partial charge on any atom is -0.507 e. The van der Waals surface area contributed by atoms with Gasteiger partial charge in [0.1, 0.15) is 5.75 Å². The van der Waals surface area contributed by atoms with Crippen LogP contribution in [0.15, 0.2) is 114 Å². The van der Waals surface area contributed by atoms with Crippen LogP contribution in [0.1, 0.15) is 78.7 Å². The number of allylic oxidation sites excluding steroid dienone is 1. The Balaban J connectivity index is 1.26. The van der Waals surface area contributed by atoms with Crippen molar-refractivity contribution in [3.05, 3.63) is 119 Å². The number of nitrogens with zero attached hydrogens (tertiary/aromatic N) is 1. The molecule has 2 fully saturated rings. The monoisotopic (exact) mass is 741 g/mol. The number of hydrogen-bond acceptors (Lipinski definition) is 5. The molecule has 4 aromatic rings. The Labute approximate surface area is 322 Å². The number of fused-ring (bicyclic) bond motifs is 4. The van der Waals surface area contributed by atoms with E-state index in [1.54, 1.807) is 6.07 Å². The van der Waals surface area contributed by atoms with E-state index in [9.17, 15) is 14.7 Å². The summed E-state index contributed by atoms with van der Waals surface area (Å²) in [5, 5.41) is 14.7. The van der Waals surface area contributed by atoms with Crippen LogP contribution >= 0.6 is 0 Å². The van der Waals surface area contributed by atoms with Gasteiger partial charge in [0.15, 0.2) is 0 Å². The maximum Gasteiger partial charge on any atom is 0.261 e. The molecule has 2 saturated heterocycles. The molecule has 0 radical (unpaired) electrons. The molecule has 0 unspecified atom stereocenters. The van der Waals surface area contributed by atoms with Crippen molar-refractivity contribution in [2.45, 2.75) is 84.3 Å². The molecule has 0 bridgehead atoms. The Morgan fingerprint density at radius 3 is 2.11 bits per heavy atom. The maximum atomic E-state index is 14.0. The fourth-order valence-corrected chi connectivity index (χ4v) is 14.2. The van der Waals surface area contributed by atoms with Gasteiger partial charge >= 0.3 is 0 Å². The number of carbonyl (C=O) groups excluding carboxylic acids is 2. The Morgan fingerprint density at radius 2 is 1.48 bits per heavy atom. The highest BCUT2D eigenvalue weighted by Gasteiger charge is 2.57. The lowest BCUT2D eigenvalue weighted by atomic mass is 9.69. The van der Waals surface area contributed by atoms with E-state index in [0.717, 1.165) is 54.0 Å². The van der Waals surface area contributed by atoms with Crippen molar-refractivity contribution < 1.29 is 23.9 Å². The van der Waals surface area contributed by atoms with Crippen molar-refractivity contribution in [3.8, 4) is 5.75 Å². The summed E-state index contributed by atoms with van der Waals surface area (Å²) in [6.45, 7) is 12.4. The van der Waals surface area contributed by atoms with E-state index in [-0.39, 0.29) is 46.5 Å². The van der Waals surface area contributed by atoms with Crippen LogP contribution in [-0.2, 0) is 18.8 Å². The van der Waals surface area contributed by atoms with Crippen LogP contribution in [0.5, 0.6) is 5.75 Å². The zero-order valence-corrected chi connectivity index (χ0v) is 33.5. The first-order chi connectivity index (χ1) is 26.1. The number of amides is 2. The lowest BCUT2D eigenvalue weighted by molar-refractivity contribution is -0.140. The number of ether oxygens (including phenoxy) is 1. The average molecular weight is 742 g/mol. The molecule has 0 saturated carbocycles. The lowest BCUT2D eigenvalue weighted by Crippen LogP contribution is -2.66. The molecule has 2 aliphatic heterocycles. The van der Waals surface area contributed by atoms with Gasteiger partial charge in [-0.3, -0.25) is 14.5 Å². The van der Waals surface area contributed by atoms with E-state index in [1.807, 2.05) is 31.2 Å². The minimum atomic E-state index is -2.87. The van der Waals surface area contributed by atoms with Crippen LogP contribution in [0.2, 0.25) is 5.04 Å². The summed E-state index contributed by atoms with van der Waals surface area (Å²) in [4.78, 5) is 29.4. The molecule has 282 valence electrons. The van der Waals surface area contributed by atoms with Gasteiger partial charge in [-0.25, -0.2) is 0 Å². The molecule has 1 aliphatic carbocycles. The van der Waals surface area contributed by atoms with E-state index in [4.69, 9.17) is 9.16 Å². The standard InChI is InChI=1S/C47H55NO5Si/c1-6-16-32(28-33-24-25-41(49)38-22-15-14-21-37(33)38)23-26-42-43-34(29-39-44(40(43)31-52-42)46(51)48(27-7-2)45(39)50)30-53-54(47(3,4)5,35-17-10-8-11-18-35)36-19-12-9-13-20-36/h8-15,17-22,24-25,28,39-40,42,44,49H,6-7,16,23,26-27,29-31H2,1-5H3/b32-28+/t39-,40+,42-,44-/m1/s1. The van der Waals surface area contributed by atoms with Gasteiger partial charge in [0.25, 0.3) is 8.32 Å². The summed E-state index contributed by atoms with van der Waals surface area (Å²) in [6.07, 6.45) is 7.00. The Morgan fingerprint density at radius 1 is 0.833 bits per heavy atom. The molecule has 0 spiro atoms. The second-order valence-corrected chi connectivity index (χ2v) is 20.7. The molecule has 3 aliphatic rings. The molecular weight excluding hydrogens is 687 g/mol. The normalized spacial score (nSPS) is 21.9. The largest absolute Gasteiger partial charge is 0.507 e. The molecule has 0 aromatic heterocycles. The molecule has 2 amide bonds. The van der Waals surface area contributed by atoms with E-state index < -0.39 is 8.32 Å². The van der Waals surface area contributed by atoms with Crippen LogP contribution in [0.25, 0.3) is 16.8 Å². The Hall–Kier alpha value is -4.30. The first kappa shape index (κ1) is 38.0. The van der Waals surface area contributed by atoms with E-state index in [2.05, 4.69) is 101 Å². The van der Waals surface area contributed by atoms with E-state index in [1.165, 1.54) is 26.4 Å². The number of imide groups is 1. The first-order valence-corrected chi connectivity index (χ1v) is 21.8. The van der Waals surface area contributed by atoms with Gasteiger partial charge in [0.05, 0.1) is 31.2 Å². The van der Waals surface area contributed by atoms with Crippen molar-refractivity contribution in [1.29, 1.82) is 0 Å². The topological polar surface area (TPSA) is 76.1 Å². The molecular formula is C47H55NO5Si. The highest BCUT2D eigenvalue weighted by atomic mass is 28.4. The fourth-order valence-electron chi connectivity index (χ4n) is 9.63. The smallest absolute Gasteiger partial charge is 0.261 e. The first-order valence-electron chi connectivity index (χ1n) is 19.9. The van der Waals surface area contributed by atoms with Crippen molar-refractivity contribution in [2.75, 3.05) is 19.8 Å². The summed E-state index contributed by atoms with van der Waals surface area (Å²) in [5.74, 6) is -0.670. The summed E-state index contributed by atoms with van der Waals surface area (Å²) >= 11 is 0. The molecule has 1 N–H and O–H groups in total. The van der Waals surface area contributed by atoms with Crippen LogP contribution in [0.3, 0.4) is 0 Å². The minimum absolute atomic E-state index is 0.0312. The van der Waals surface area contributed by atoms with Crippen LogP contribution in [0, 0.1) is 17.8 Å². The Bertz CT molecular complexity index is 2010. The van der Waals surface area contributed by atoms with Crippen LogP contribution in [0.4, 0.5) is 0 Å². The molecule has 4 atom stereocenters. The second kappa shape index (κ2) is 15.8. The zero-order chi connectivity index (χ0) is 38.0. The lowest BCUT2D eigenvalue weighted by Gasteiger charge is -2.44. The highest BCUT2D eigenvalue weighted by Crippen LogP contribution is 2.50. The third-order valence-corrected chi connectivity index (χ3v) is 17.0. The molecule has 54 heavy (non-hydrogen) atoms. The number of likely N-dealkylation sites (tertiary alicyclic amines) is 1. The number of phenolic OH excluding ortho intramolecular Hbond substituents is 1. The molecule has 6 nitrogen and oxygen atoms in total. The summed E-state index contributed by atoms with van der Waals surface area (Å²) in [6, 6.07) is 33.2. The van der Waals surface area contributed by atoms with Crippen molar-refractivity contribution in [2.24, 2.45) is 17.8 Å². The SMILES string of the molecule is CCC/C(=C\c1ccc(O)c2ccccc12)CC[C@H]1OC[C@H]2C1=C(CO[Si](c1ccccc1)(c1ccccc1)C(C)(C)C)C[C@H]1C(=O)N(CCC)C(=O)[C@H]12. The van der Waals surface area contributed by atoms with Gasteiger partial charge < -0.3 is 14.3 Å². The molecule has 2 heterocycles. The van der Waals surface area contributed by atoms with Gasteiger partial charge in [-0.05, 0) is 75.7 Å². The zero-order valence-electron chi connectivity index (χ0n) is 32.5. The summed E-state index contributed by atoms with van der Waals surface area (Å²) < 4.78 is 14.2. The van der Waals surface area contributed by atoms with Gasteiger partial charge in [0.2, 0.25) is 11.8 Å². The van der Waals surface area contributed by atoms with Crippen molar-refractivity contribution >= 4 is 47.4 Å². The highest BCUT2D eigenvalue weighted by molar-refractivity contribution is 6.99. The van der Waals surface area contributed by atoms with E-state index >= 15 is 0 Å². The van der Waals surface area contributed by atoms with E-state index in [0.29, 0.717) is 26.2 Å². The number of rotatable bonds is 13. The number of hydrogen-bond donors (Lipinski definition) is 1. The van der Waals surface area contributed by atoms with Crippen LogP contribution in [-0.4, -0.2) is 56.0 Å². The number of carbonyl (C=O) groups is 2. The Kier molecular flexibility index (Phi) is 11.1. The van der Waals surface area contributed by atoms with Crippen molar-refractivity contribution in [1.82, 2.24) is 4.90 Å². The number of aromatic hydroxyl groups is 1. The molecule has 7 heteroatoms. The maximum absolute atomic E-state index is 14.0. The van der Waals surface area contributed by atoms with Crippen LogP contribution < -0.4 is 10.4 Å². The quantitative estimate of drug-likeness (QED) is 0.0843.